The number of carbonyl (C=O) groups excluding carboxylic acids is 2. The number of aldehydes is 1. The van der Waals surface area contributed by atoms with Gasteiger partial charge in [-0.3, -0.25) is 14.6 Å². The molecular weight excluding hydrogens is 307 g/mol. The Labute approximate surface area is 139 Å². The van der Waals surface area contributed by atoms with E-state index < -0.39 is 7.12 Å². The van der Waals surface area contributed by atoms with E-state index in [2.05, 4.69) is 10.3 Å². The van der Waals surface area contributed by atoms with Gasteiger partial charge in [0.15, 0.2) is 0 Å². The Morgan fingerprint density at radius 2 is 2.17 bits per heavy atom. The number of nitrogens with zero attached hydrogens (tertiary/aromatic N) is 1. The molecule has 6 nitrogen and oxygen atoms in total. The number of hydrogen-bond donors (Lipinski definition) is 3. The molecule has 24 heavy (non-hydrogen) atoms. The minimum atomic E-state index is -1.75. The molecule has 1 atom stereocenters. The van der Waals surface area contributed by atoms with E-state index in [0.29, 0.717) is 11.8 Å². The molecule has 7 heteroatoms. The van der Waals surface area contributed by atoms with Crippen LogP contribution in [0.1, 0.15) is 50.9 Å². The second-order valence-electron chi connectivity index (χ2n) is 5.79. The van der Waals surface area contributed by atoms with Gasteiger partial charge < -0.3 is 15.4 Å². The highest BCUT2D eigenvalue weighted by molar-refractivity contribution is 6.60. The normalized spacial score (nSPS) is 16.2. The largest absolute Gasteiger partial charge is 0.489 e. The van der Waals surface area contributed by atoms with Gasteiger partial charge in [0.05, 0.1) is 6.04 Å². The van der Waals surface area contributed by atoms with Crippen molar-refractivity contribution in [2.45, 2.75) is 25.3 Å². The molecule has 1 aliphatic rings. The topological polar surface area (TPSA) is 99.5 Å². The maximum atomic E-state index is 12.5. The summed E-state index contributed by atoms with van der Waals surface area (Å²) in [4.78, 5) is 28.0. The molecule has 0 radical (unpaired) electrons. The summed E-state index contributed by atoms with van der Waals surface area (Å²) in [5.74, 6) is -0.307. The Morgan fingerprint density at radius 3 is 2.92 bits per heavy atom. The van der Waals surface area contributed by atoms with Gasteiger partial charge in [0.2, 0.25) is 0 Å². The lowest BCUT2D eigenvalue weighted by Crippen LogP contribution is -2.35. The van der Waals surface area contributed by atoms with Gasteiger partial charge in [-0.15, -0.1) is 0 Å². The van der Waals surface area contributed by atoms with Crippen molar-refractivity contribution in [3.63, 3.8) is 0 Å². The molecule has 1 aromatic carbocycles. The molecule has 1 amide bonds. The summed E-state index contributed by atoms with van der Waals surface area (Å²) >= 11 is 0. The zero-order chi connectivity index (χ0) is 17.1. The predicted molar refractivity (Wildman–Crippen MR) is 89.0 cm³/mol. The SMILES string of the molecule is O=Cc1cc(C(=O)NC2CCCc3ncccc32)ccc1B(O)O. The summed E-state index contributed by atoms with van der Waals surface area (Å²) in [7, 11) is -1.75. The van der Waals surface area contributed by atoms with E-state index in [-0.39, 0.29) is 23.0 Å². The summed E-state index contributed by atoms with van der Waals surface area (Å²) < 4.78 is 0. The first kappa shape index (κ1) is 16.4. The van der Waals surface area contributed by atoms with Crippen LogP contribution in [0.5, 0.6) is 0 Å². The number of amides is 1. The number of hydrogen-bond acceptors (Lipinski definition) is 5. The molecule has 1 aliphatic carbocycles. The highest BCUT2D eigenvalue weighted by Gasteiger charge is 2.24. The first-order valence-corrected chi connectivity index (χ1v) is 7.80. The van der Waals surface area contributed by atoms with Gasteiger partial charge in [0, 0.05) is 23.0 Å². The third-order valence-electron chi connectivity index (χ3n) is 4.27. The van der Waals surface area contributed by atoms with Crippen LogP contribution < -0.4 is 10.8 Å². The van der Waals surface area contributed by atoms with Gasteiger partial charge in [0.1, 0.15) is 6.29 Å². The van der Waals surface area contributed by atoms with Gasteiger partial charge in [-0.25, -0.2) is 0 Å². The van der Waals surface area contributed by atoms with Crippen molar-refractivity contribution in [3.8, 4) is 0 Å². The van der Waals surface area contributed by atoms with Crippen LogP contribution in [0.15, 0.2) is 36.5 Å². The van der Waals surface area contributed by atoms with Crippen molar-refractivity contribution in [2.24, 2.45) is 0 Å². The second kappa shape index (κ2) is 6.94. The number of fused-ring (bicyclic) bond motifs is 1. The van der Waals surface area contributed by atoms with E-state index in [9.17, 15) is 19.6 Å². The Balaban J connectivity index is 1.82. The van der Waals surface area contributed by atoms with Gasteiger partial charge >= 0.3 is 7.12 Å². The fraction of sp³-hybridized carbons (Fsp3) is 0.235. The van der Waals surface area contributed by atoms with E-state index in [1.807, 2.05) is 12.1 Å². The molecule has 2 aromatic rings. The Hall–Kier alpha value is -2.51. The van der Waals surface area contributed by atoms with Crippen molar-refractivity contribution >= 4 is 24.8 Å². The van der Waals surface area contributed by atoms with Crippen LogP contribution in [-0.2, 0) is 6.42 Å². The zero-order valence-electron chi connectivity index (χ0n) is 13.0. The first-order chi connectivity index (χ1) is 11.6. The minimum absolute atomic E-state index is 0.0776. The Morgan fingerprint density at radius 1 is 1.33 bits per heavy atom. The number of aryl methyl sites for hydroxylation is 1. The Kier molecular flexibility index (Phi) is 4.73. The van der Waals surface area contributed by atoms with Crippen molar-refractivity contribution in [1.29, 1.82) is 0 Å². The minimum Gasteiger partial charge on any atom is -0.423 e. The smallest absolute Gasteiger partial charge is 0.423 e. The average Bonchev–Trinajstić information content (AvgIpc) is 2.61. The predicted octanol–water partition coefficient (Wildman–Crippen LogP) is 0.381. The van der Waals surface area contributed by atoms with Crippen LogP contribution in [0.4, 0.5) is 0 Å². The van der Waals surface area contributed by atoms with Gasteiger partial charge in [0.25, 0.3) is 5.91 Å². The summed E-state index contributed by atoms with van der Waals surface area (Å²) in [5.41, 5.74) is 2.49. The molecule has 0 spiro atoms. The highest BCUT2D eigenvalue weighted by Crippen LogP contribution is 2.28. The third-order valence-corrected chi connectivity index (χ3v) is 4.27. The number of rotatable bonds is 4. The van der Waals surface area contributed by atoms with Gasteiger partial charge in [-0.1, -0.05) is 12.1 Å². The average molecular weight is 324 g/mol. The van der Waals surface area contributed by atoms with E-state index >= 15 is 0 Å². The summed E-state index contributed by atoms with van der Waals surface area (Å²) in [6, 6.07) is 7.92. The number of benzene rings is 1. The standard InChI is InChI=1S/C17H17BN2O4/c21-10-12-9-11(6-7-14(12)18(23)24)17(22)20-16-5-1-4-15-13(16)3-2-8-19-15/h2-3,6-10,16,23-24H,1,4-5H2,(H,20,22). The summed E-state index contributed by atoms with van der Waals surface area (Å²) in [6.07, 6.45) is 4.94. The molecule has 3 rings (SSSR count). The van der Waals surface area contributed by atoms with Crippen LogP contribution in [0, 0.1) is 0 Å². The molecular formula is C17H17BN2O4. The van der Waals surface area contributed by atoms with Crippen LogP contribution in [0.2, 0.25) is 0 Å². The highest BCUT2D eigenvalue weighted by atomic mass is 16.4. The lowest BCUT2D eigenvalue weighted by Gasteiger charge is -2.25. The molecule has 0 fully saturated rings. The molecule has 0 saturated heterocycles. The number of pyridine rings is 1. The number of carbonyl (C=O) groups is 2. The molecule has 3 N–H and O–H groups in total. The monoisotopic (exact) mass is 324 g/mol. The molecule has 0 saturated carbocycles. The second-order valence-corrected chi connectivity index (χ2v) is 5.79. The van der Waals surface area contributed by atoms with E-state index in [1.54, 1.807) is 6.20 Å². The third kappa shape index (κ3) is 3.22. The molecule has 1 unspecified atom stereocenters. The lowest BCUT2D eigenvalue weighted by atomic mass is 9.77. The molecule has 1 heterocycles. The van der Waals surface area contributed by atoms with E-state index in [4.69, 9.17) is 0 Å². The maximum Gasteiger partial charge on any atom is 0.489 e. The summed E-state index contributed by atoms with van der Waals surface area (Å²) in [5, 5.41) is 21.4. The number of nitrogens with one attached hydrogen (secondary N) is 1. The van der Waals surface area contributed by atoms with Gasteiger partial charge in [-0.05, 0) is 48.5 Å². The zero-order valence-corrected chi connectivity index (χ0v) is 13.0. The summed E-state index contributed by atoms with van der Waals surface area (Å²) in [6.45, 7) is 0. The molecule has 0 bridgehead atoms. The maximum absolute atomic E-state index is 12.5. The van der Waals surface area contributed by atoms with Crippen LogP contribution in [0.25, 0.3) is 0 Å². The van der Waals surface area contributed by atoms with Crippen molar-refractivity contribution in [3.05, 3.63) is 58.9 Å². The van der Waals surface area contributed by atoms with Crippen molar-refractivity contribution in [2.75, 3.05) is 0 Å². The van der Waals surface area contributed by atoms with Crippen molar-refractivity contribution < 1.29 is 19.6 Å². The first-order valence-electron chi connectivity index (χ1n) is 7.80. The van der Waals surface area contributed by atoms with Crippen LogP contribution in [0.3, 0.4) is 0 Å². The molecule has 122 valence electrons. The Bertz CT molecular complexity index is 779. The van der Waals surface area contributed by atoms with Crippen molar-refractivity contribution in [1.82, 2.24) is 10.3 Å². The van der Waals surface area contributed by atoms with Crippen LogP contribution >= 0.6 is 0 Å². The fourth-order valence-corrected chi connectivity index (χ4v) is 3.05. The van der Waals surface area contributed by atoms with E-state index in [1.165, 1.54) is 18.2 Å². The quantitative estimate of drug-likeness (QED) is 0.558. The fourth-order valence-electron chi connectivity index (χ4n) is 3.05. The lowest BCUT2D eigenvalue weighted by molar-refractivity contribution is 0.0932. The number of aromatic nitrogens is 1. The molecule has 1 aromatic heterocycles. The van der Waals surface area contributed by atoms with Gasteiger partial charge in [-0.2, -0.15) is 0 Å². The van der Waals surface area contributed by atoms with E-state index in [0.717, 1.165) is 30.5 Å². The molecule has 0 aliphatic heterocycles. The van der Waals surface area contributed by atoms with Crippen LogP contribution in [-0.4, -0.2) is 34.3 Å².